The predicted molar refractivity (Wildman–Crippen MR) is 70.4 cm³/mol. The number of nitrogens with zero attached hydrogens (tertiary/aromatic N) is 3. The lowest BCUT2D eigenvalue weighted by atomic mass is 10.1. The molecule has 0 saturated carbocycles. The first-order valence-electron chi connectivity index (χ1n) is 6.00. The zero-order valence-electron chi connectivity index (χ0n) is 10.4. The van der Waals surface area contributed by atoms with Gasteiger partial charge in [-0.05, 0) is 12.1 Å². The van der Waals surface area contributed by atoms with Crippen LogP contribution in [0.2, 0.25) is 0 Å². The van der Waals surface area contributed by atoms with E-state index < -0.39 is 6.03 Å². The first kappa shape index (κ1) is 12.2. The molecule has 3 amide bonds. The fourth-order valence-electron chi connectivity index (χ4n) is 2.11. The molecule has 7 heteroatoms. The van der Waals surface area contributed by atoms with Gasteiger partial charge in [-0.25, -0.2) is 14.8 Å². The second kappa shape index (κ2) is 4.69. The van der Waals surface area contributed by atoms with Crippen LogP contribution in [0.3, 0.4) is 0 Å². The van der Waals surface area contributed by atoms with E-state index in [2.05, 4.69) is 15.3 Å². The van der Waals surface area contributed by atoms with Crippen LogP contribution in [-0.4, -0.2) is 34.7 Å². The number of anilines is 1. The molecule has 1 aromatic heterocycles. The minimum atomic E-state index is -0.499. The van der Waals surface area contributed by atoms with Gasteiger partial charge in [0.25, 0.3) is 0 Å². The van der Waals surface area contributed by atoms with Crippen molar-refractivity contribution in [3.8, 4) is 0 Å². The van der Waals surface area contributed by atoms with Gasteiger partial charge in [-0.15, -0.1) is 0 Å². The van der Waals surface area contributed by atoms with Crippen molar-refractivity contribution in [1.82, 2.24) is 15.3 Å². The molecule has 1 aliphatic heterocycles. The summed E-state index contributed by atoms with van der Waals surface area (Å²) < 4.78 is 0. The summed E-state index contributed by atoms with van der Waals surface area (Å²) in [4.78, 5) is 43.4. The summed E-state index contributed by atoms with van der Waals surface area (Å²) in [6.07, 6.45) is 2.28. The molecule has 0 spiro atoms. The average Bonchev–Trinajstić information content (AvgIpc) is 2.46. The van der Waals surface area contributed by atoms with E-state index in [9.17, 15) is 14.4 Å². The number of aldehydes is 1. The molecule has 0 radical (unpaired) electrons. The molecule has 1 saturated heterocycles. The van der Waals surface area contributed by atoms with Crippen LogP contribution < -0.4 is 10.2 Å². The van der Waals surface area contributed by atoms with E-state index in [-0.39, 0.29) is 18.9 Å². The molecule has 100 valence electrons. The van der Waals surface area contributed by atoms with E-state index in [0.29, 0.717) is 22.3 Å². The number of hydrogen-bond acceptors (Lipinski definition) is 5. The Morgan fingerprint density at radius 3 is 2.85 bits per heavy atom. The molecule has 0 bridgehead atoms. The fraction of sp³-hybridized carbons (Fsp3) is 0.154. The smallest absolute Gasteiger partial charge is 0.298 e. The monoisotopic (exact) mass is 270 g/mol. The molecule has 20 heavy (non-hydrogen) atoms. The molecule has 7 nitrogen and oxygen atoms in total. The first-order valence-corrected chi connectivity index (χ1v) is 6.00. The molecule has 2 aromatic rings. The molecular formula is C13H10N4O3. The highest BCUT2D eigenvalue weighted by molar-refractivity contribution is 6.08. The summed E-state index contributed by atoms with van der Waals surface area (Å²) in [7, 11) is 0. The topological polar surface area (TPSA) is 92.3 Å². The largest absolute Gasteiger partial charge is 0.329 e. The molecule has 3 rings (SSSR count). The summed E-state index contributed by atoms with van der Waals surface area (Å²) in [6.45, 7) is 0.270. The Hall–Kier alpha value is -2.83. The van der Waals surface area contributed by atoms with Crippen LogP contribution in [-0.2, 0) is 4.79 Å². The minimum absolute atomic E-state index is 0.226. The summed E-state index contributed by atoms with van der Waals surface area (Å²) in [6, 6.07) is 4.45. The lowest BCUT2D eigenvalue weighted by molar-refractivity contribution is -0.120. The SMILES string of the molecule is O=Cc1ccc2c(N3CCC(=O)NC3=O)ncnc2c1. The van der Waals surface area contributed by atoms with Crippen LogP contribution in [0, 0.1) is 0 Å². The summed E-state index contributed by atoms with van der Waals surface area (Å²) in [5.41, 5.74) is 1.07. The lowest BCUT2D eigenvalue weighted by Crippen LogP contribution is -2.50. The third-order valence-corrected chi connectivity index (χ3v) is 3.09. The third kappa shape index (κ3) is 1.99. The maximum Gasteiger partial charge on any atom is 0.329 e. The van der Waals surface area contributed by atoms with E-state index in [1.165, 1.54) is 11.2 Å². The molecule has 1 fully saturated rings. The van der Waals surface area contributed by atoms with E-state index in [4.69, 9.17) is 0 Å². The highest BCUT2D eigenvalue weighted by Crippen LogP contribution is 2.24. The van der Waals surface area contributed by atoms with Gasteiger partial charge in [-0.1, -0.05) is 6.07 Å². The summed E-state index contributed by atoms with van der Waals surface area (Å²) in [5, 5.41) is 2.90. The molecule has 2 heterocycles. The number of fused-ring (bicyclic) bond motifs is 1. The number of carbonyl (C=O) groups is 3. The molecular weight excluding hydrogens is 260 g/mol. The van der Waals surface area contributed by atoms with Crippen LogP contribution >= 0.6 is 0 Å². The number of hydrogen-bond donors (Lipinski definition) is 1. The maximum absolute atomic E-state index is 11.8. The van der Waals surface area contributed by atoms with Crippen molar-refractivity contribution in [3.63, 3.8) is 0 Å². The van der Waals surface area contributed by atoms with E-state index >= 15 is 0 Å². The van der Waals surface area contributed by atoms with Gasteiger partial charge in [-0.2, -0.15) is 0 Å². The molecule has 1 N–H and O–H groups in total. The Morgan fingerprint density at radius 1 is 1.25 bits per heavy atom. The van der Waals surface area contributed by atoms with Crippen LogP contribution in [0.15, 0.2) is 24.5 Å². The number of rotatable bonds is 2. The first-order chi connectivity index (χ1) is 9.69. The number of imide groups is 1. The van der Waals surface area contributed by atoms with E-state index in [1.54, 1.807) is 18.2 Å². The van der Waals surface area contributed by atoms with Gasteiger partial charge in [0, 0.05) is 23.9 Å². The van der Waals surface area contributed by atoms with Crippen LogP contribution in [0.5, 0.6) is 0 Å². The highest BCUT2D eigenvalue weighted by Gasteiger charge is 2.26. The van der Waals surface area contributed by atoms with Crippen molar-refractivity contribution in [2.75, 3.05) is 11.4 Å². The van der Waals surface area contributed by atoms with Crippen LogP contribution in [0.1, 0.15) is 16.8 Å². The summed E-state index contributed by atoms with van der Waals surface area (Å²) in [5.74, 6) is 0.130. The van der Waals surface area contributed by atoms with Crippen molar-refractivity contribution in [1.29, 1.82) is 0 Å². The van der Waals surface area contributed by atoms with Crippen molar-refractivity contribution in [3.05, 3.63) is 30.1 Å². The van der Waals surface area contributed by atoms with E-state index in [1.807, 2.05) is 0 Å². The minimum Gasteiger partial charge on any atom is -0.298 e. The van der Waals surface area contributed by atoms with Gasteiger partial charge in [0.1, 0.15) is 18.4 Å². The van der Waals surface area contributed by atoms with Gasteiger partial charge >= 0.3 is 6.03 Å². The van der Waals surface area contributed by atoms with Gasteiger partial charge in [0.2, 0.25) is 5.91 Å². The Balaban J connectivity index is 2.09. The molecule has 1 aromatic carbocycles. The van der Waals surface area contributed by atoms with Gasteiger partial charge < -0.3 is 0 Å². The standard InChI is InChI=1S/C13H10N4O3/c18-6-8-1-2-9-10(5-8)14-7-15-12(9)17-4-3-11(19)16-13(17)20/h1-2,5-7H,3-4H2,(H,16,19,20). The Bertz CT molecular complexity index is 729. The van der Waals surface area contributed by atoms with Crippen LogP contribution in [0.25, 0.3) is 10.9 Å². The zero-order chi connectivity index (χ0) is 14.1. The zero-order valence-corrected chi connectivity index (χ0v) is 10.4. The number of carbonyl (C=O) groups excluding carboxylic acids is 3. The predicted octanol–water partition coefficient (Wildman–Crippen LogP) is 0.889. The van der Waals surface area contributed by atoms with Gasteiger partial charge in [-0.3, -0.25) is 19.8 Å². The number of nitrogens with one attached hydrogen (secondary N) is 1. The molecule has 0 atom stereocenters. The lowest BCUT2D eigenvalue weighted by Gasteiger charge is -2.26. The van der Waals surface area contributed by atoms with Crippen molar-refractivity contribution in [2.45, 2.75) is 6.42 Å². The molecule has 1 aliphatic rings. The number of benzene rings is 1. The Morgan fingerprint density at radius 2 is 2.10 bits per heavy atom. The third-order valence-electron chi connectivity index (χ3n) is 3.09. The van der Waals surface area contributed by atoms with E-state index in [0.717, 1.165) is 6.29 Å². The highest BCUT2D eigenvalue weighted by atomic mass is 16.2. The van der Waals surface area contributed by atoms with Gasteiger partial charge in [0.15, 0.2) is 0 Å². The fourth-order valence-corrected chi connectivity index (χ4v) is 2.11. The number of urea groups is 1. The van der Waals surface area contributed by atoms with Gasteiger partial charge in [0.05, 0.1) is 5.52 Å². The number of amides is 3. The normalized spacial score (nSPS) is 15.3. The molecule has 0 unspecified atom stereocenters. The average molecular weight is 270 g/mol. The van der Waals surface area contributed by atoms with Crippen LogP contribution in [0.4, 0.5) is 10.6 Å². The molecule has 0 aliphatic carbocycles. The second-order valence-electron chi connectivity index (χ2n) is 4.35. The van der Waals surface area contributed by atoms with Crippen molar-refractivity contribution < 1.29 is 14.4 Å². The number of aromatic nitrogens is 2. The maximum atomic E-state index is 11.8. The quantitative estimate of drug-likeness (QED) is 0.818. The summed E-state index contributed by atoms with van der Waals surface area (Å²) >= 11 is 0. The second-order valence-corrected chi connectivity index (χ2v) is 4.35. The van der Waals surface area contributed by atoms with Crippen molar-refractivity contribution >= 4 is 34.9 Å². The van der Waals surface area contributed by atoms with Crippen molar-refractivity contribution in [2.24, 2.45) is 0 Å². The Kier molecular flexibility index (Phi) is 2.86. The Labute approximate surface area is 113 Å².